The maximum absolute atomic E-state index is 13.4. The Morgan fingerprint density at radius 2 is 1.96 bits per heavy atom. The fraction of sp³-hybridized carbons (Fsp3) is 0.368. The third-order valence-corrected chi connectivity index (χ3v) is 5.15. The molecule has 7 heteroatoms. The number of hydrogen-bond acceptors (Lipinski definition) is 5. The van der Waals surface area contributed by atoms with E-state index in [-0.39, 0.29) is 11.4 Å². The zero-order valence-corrected chi connectivity index (χ0v) is 14.2. The Morgan fingerprint density at radius 1 is 1.12 bits per heavy atom. The highest BCUT2D eigenvalue weighted by Crippen LogP contribution is 2.38. The number of halogens is 1. The van der Waals surface area contributed by atoms with Gasteiger partial charge in [0.05, 0.1) is 17.8 Å². The van der Waals surface area contributed by atoms with E-state index < -0.39 is 0 Å². The van der Waals surface area contributed by atoms with E-state index in [1.54, 1.807) is 16.8 Å². The van der Waals surface area contributed by atoms with Gasteiger partial charge >= 0.3 is 0 Å². The van der Waals surface area contributed by atoms with Gasteiger partial charge in [-0.05, 0) is 31.0 Å². The van der Waals surface area contributed by atoms with Gasteiger partial charge in [0, 0.05) is 42.4 Å². The van der Waals surface area contributed by atoms with Crippen LogP contribution < -0.4 is 10.5 Å². The van der Waals surface area contributed by atoms with Crippen LogP contribution in [-0.4, -0.2) is 32.8 Å². The van der Waals surface area contributed by atoms with Gasteiger partial charge in [0.2, 0.25) is 0 Å². The molecule has 6 nitrogen and oxygen atoms in total. The lowest BCUT2D eigenvalue weighted by atomic mass is 9.99. The van der Waals surface area contributed by atoms with Gasteiger partial charge in [-0.1, -0.05) is 0 Å². The molecule has 0 atom stereocenters. The first kappa shape index (κ1) is 15.4. The van der Waals surface area contributed by atoms with Gasteiger partial charge in [-0.3, -0.25) is 4.79 Å². The first-order valence-electron chi connectivity index (χ1n) is 8.90. The first-order valence-corrected chi connectivity index (χ1v) is 8.90. The summed E-state index contributed by atoms with van der Waals surface area (Å²) in [5.41, 5.74) is 1.59. The van der Waals surface area contributed by atoms with Crippen molar-refractivity contribution in [3.8, 4) is 0 Å². The van der Waals surface area contributed by atoms with Crippen molar-refractivity contribution in [1.82, 2.24) is 19.7 Å². The molecule has 2 aliphatic rings. The quantitative estimate of drug-likeness (QED) is 0.722. The van der Waals surface area contributed by atoms with E-state index in [4.69, 9.17) is 0 Å². The first-order chi connectivity index (χ1) is 12.7. The Bertz CT molecular complexity index is 1040. The van der Waals surface area contributed by atoms with Gasteiger partial charge in [-0.15, -0.1) is 0 Å². The molecule has 1 aromatic carbocycles. The van der Waals surface area contributed by atoms with Crippen LogP contribution in [0.15, 0.2) is 41.5 Å². The van der Waals surface area contributed by atoms with Gasteiger partial charge in [-0.2, -0.15) is 5.10 Å². The molecule has 0 spiro atoms. The van der Waals surface area contributed by atoms with E-state index in [1.165, 1.54) is 31.3 Å². The standard InChI is InChI=1S/C19H18FN5O/c20-14-3-4-15-17(7-14)21-11-22-19(15)24-8-12(9-24)10-25-18(26)6-5-16(23-25)13-1-2-13/h3-7,11-13H,1-2,8-10H2. The minimum absolute atomic E-state index is 0.0455. The van der Waals surface area contributed by atoms with Crippen LogP contribution in [0.3, 0.4) is 0 Å². The van der Waals surface area contributed by atoms with Crippen LogP contribution in [-0.2, 0) is 6.54 Å². The predicted molar refractivity (Wildman–Crippen MR) is 95.7 cm³/mol. The van der Waals surface area contributed by atoms with Gasteiger partial charge in [0.15, 0.2) is 0 Å². The molecule has 1 saturated heterocycles. The Morgan fingerprint density at radius 3 is 2.77 bits per heavy atom. The summed E-state index contributed by atoms with van der Waals surface area (Å²) in [4.78, 5) is 22.7. The Kier molecular flexibility index (Phi) is 3.48. The predicted octanol–water partition coefficient (Wildman–Crippen LogP) is 2.34. The zero-order chi connectivity index (χ0) is 17.7. The maximum Gasteiger partial charge on any atom is 0.266 e. The highest BCUT2D eigenvalue weighted by Gasteiger charge is 2.31. The van der Waals surface area contributed by atoms with Crippen LogP contribution in [0, 0.1) is 11.7 Å². The summed E-state index contributed by atoms with van der Waals surface area (Å²) in [5.74, 6) is 1.40. The Hall–Kier alpha value is -2.83. The van der Waals surface area contributed by atoms with Crippen LogP contribution in [0.2, 0.25) is 0 Å². The van der Waals surface area contributed by atoms with Crippen molar-refractivity contribution >= 4 is 16.7 Å². The molecule has 3 aromatic rings. The topological polar surface area (TPSA) is 63.9 Å². The van der Waals surface area contributed by atoms with Gasteiger partial charge in [0.1, 0.15) is 18.0 Å². The molecule has 0 amide bonds. The zero-order valence-electron chi connectivity index (χ0n) is 14.2. The van der Waals surface area contributed by atoms with Gasteiger partial charge in [0.25, 0.3) is 5.56 Å². The van der Waals surface area contributed by atoms with E-state index >= 15 is 0 Å². The molecule has 2 fully saturated rings. The summed E-state index contributed by atoms with van der Waals surface area (Å²) in [5, 5.41) is 5.38. The number of hydrogen-bond donors (Lipinski definition) is 0. The molecule has 0 bridgehead atoms. The smallest absolute Gasteiger partial charge is 0.266 e. The van der Waals surface area contributed by atoms with Crippen LogP contribution in [0.5, 0.6) is 0 Å². The summed E-state index contributed by atoms with van der Waals surface area (Å²) >= 11 is 0. The van der Waals surface area contributed by atoms with E-state index in [9.17, 15) is 9.18 Å². The van der Waals surface area contributed by atoms with Crippen molar-refractivity contribution in [2.45, 2.75) is 25.3 Å². The lowest BCUT2D eigenvalue weighted by Gasteiger charge is -2.40. The summed E-state index contributed by atoms with van der Waals surface area (Å²) < 4.78 is 15.0. The fourth-order valence-corrected chi connectivity index (χ4v) is 3.56. The van der Waals surface area contributed by atoms with Crippen molar-refractivity contribution in [1.29, 1.82) is 0 Å². The monoisotopic (exact) mass is 351 g/mol. The maximum atomic E-state index is 13.4. The van der Waals surface area contributed by atoms with Crippen molar-refractivity contribution in [3.05, 3.63) is 58.5 Å². The molecule has 132 valence electrons. The number of aromatic nitrogens is 4. The molecule has 3 heterocycles. The van der Waals surface area contributed by atoms with Crippen LogP contribution in [0.25, 0.3) is 10.9 Å². The van der Waals surface area contributed by atoms with Crippen LogP contribution in [0.1, 0.15) is 24.5 Å². The molecule has 5 rings (SSSR count). The summed E-state index contributed by atoms with van der Waals surface area (Å²) in [6.45, 7) is 2.21. The SMILES string of the molecule is O=c1ccc(C2CC2)nn1CC1CN(c2ncnc3cc(F)ccc23)C1. The van der Waals surface area contributed by atoms with Crippen LogP contribution in [0.4, 0.5) is 10.2 Å². The Balaban J connectivity index is 1.32. The number of nitrogens with zero attached hydrogens (tertiary/aromatic N) is 5. The normalized spacial score (nSPS) is 17.5. The molecular formula is C19H18FN5O. The fourth-order valence-electron chi connectivity index (χ4n) is 3.56. The second-order valence-corrected chi connectivity index (χ2v) is 7.18. The molecule has 0 N–H and O–H groups in total. The summed E-state index contributed by atoms with van der Waals surface area (Å²) in [6, 6.07) is 8.06. The molecular weight excluding hydrogens is 333 g/mol. The molecule has 1 aliphatic carbocycles. The van der Waals surface area contributed by atoms with Gasteiger partial charge in [-0.25, -0.2) is 19.0 Å². The van der Waals surface area contributed by atoms with Gasteiger partial charge < -0.3 is 4.90 Å². The molecule has 2 aromatic heterocycles. The molecule has 1 aliphatic heterocycles. The number of anilines is 1. The number of benzene rings is 1. The van der Waals surface area contributed by atoms with Crippen molar-refractivity contribution in [2.24, 2.45) is 5.92 Å². The Labute approximate surface area is 149 Å². The molecule has 1 saturated carbocycles. The average molecular weight is 351 g/mol. The minimum Gasteiger partial charge on any atom is -0.355 e. The van der Waals surface area contributed by atoms with E-state index in [0.717, 1.165) is 30.0 Å². The second-order valence-electron chi connectivity index (χ2n) is 7.18. The van der Waals surface area contributed by atoms with Crippen LogP contribution >= 0.6 is 0 Å². The lowest BCUT2D eigenvalue weighted by Crippen LogP contribution is -2.50. The summed E-state index contributed by atoms with van der Waals surface area (Å²) in [6.07, 6.45) is 3.81. The summed E-state index contributed by atoms with van der Waals surface area (Å²) in [7, 11) is 0. The van der Waals surface area contributed by atoms with Crippen molar-refractivity contribution in [3.63, 3.8) is 0 Å². The highest BCUT2D eigenvalue weighted by molar-refractivity contribution is 5.89. The lowest BCUT2D eigenvalue weighted by molar-refractivity contribution is 0.332. The molecule has 0 radical (unpaired) electrons. The molecule has 0 unspecified atom stereocenters. The number of rotatable bonds is 4. The molecule has 26 heavy (non-hydrogen) atoms. The van der Waals surface area contributed by atoms with E-state index in [2.05, 4.69) is 20.0 Å². The largest absolute Gasteiger partial charge is 0.355 e. The van der Waals surface area contributed by atoms with Crippen molar-refractivity contribution in [2.75, 3.05) is 18.0 Å². The number of fused-ring (bicyclic) bond motifs is 1. The van der Waals surface area contributed by atoms with E-state index in [1.807, 2.05) is 6.07 Å². The van der Waals surface area contributed by atoms with E-state index in [0.29, 0.717) is 23.9 Å². The third kappa shape index (κ3) is 2.73. The van der Waals surface area contributed by atoms with Crippen molar-refractivity contribution < 1.29 is 4.39 Å². The second kappa shape index (κ2) is 5.86. The third-order valence-electron chi connectivity index (χ3n) is 5.15. The minimum atomic E-state index is -0.301. The highest BCUT2D eigenvalue weighted by atomic mass is 19.1. The average Bonchev–Trinajstić information content (AvgIpc) is 3.43.